The summed E-state index contributed by atoms with van der Waals surface area (Å²) in [7, 11) is 2.01. The molecule has 0 saturated heterocycles. The molecule has 0 fully saturated rings. The quantitative estimate of drug-likeness (QED) is 0.409. The maximum atomic E-state index is 4.10. The molecule has 1 aromatic rings. The van der Waals surface area contributed by atoms with Gasteiger partial charge in [0.1, 0.15) is 5.82 Å². The summed E-state index contributed by atoms with van der Waals surface area (Å²) in [4.78, 5) is 4.10. The standard InChI is InChI=1S/C6H10N2.Al.2HI/c1-3-6-7-4-5-8(6)2;;;/h4-5H,3H2,1-2H3;;2*1H/q;+1;;/p-1. The summed E-state index contributed by atoms with van der Waals surface area (Å²) in [5, 5.41) is 0. The first-order valence-electron chi connectivity index (χ1n) is 2.80. The minimum absolute atomic E-state index is 0. The fourth-order valence-corrected chi connectivity index (χ4v) is 0.737. The van der Waals surface area contributed by atoms with E-state index in [9.17, 15) is 0 Å². The van der Waals surface area contributed by atoms with Crippen LogP contribution < -0.4 is 24.0 Å². The average Bonchev–Trinajstić information content (AvgIpc) is 2.14. The number of hydrogen-bond donors (Lipinski definition) is 0. The minimum atomic E-state index is 0. The Morgan fingerprint density at radius 2 is 2.09 bits per heavy atom. The van der Waals surface area contributed by atoms with Gasteiger partial charge in [0.15, 0.2) is 0 Å². The zero-order valence-corrected chi connectivity index (χ0v) is 12.3. The Bertz CT molecular complexity index is 179. The molecule has 0 saturated carbocycles. The predicted octanol–water partition coefficient (Wildman–Crippen LogP) is -1.78. The number of aromatic nitrogens is 2. The van der Waals surface area contributed by atoms with Crippen molar-refractivity contribution in [1.82, 2.24) is 9.55 Å². The maximum Gasteiger partial charge on any atom is 1.00 e. The topological polar surface area (TPSA) is 17.8 Å². The van der Waals surface area contributed by atoms with Crippen LogP contribution in [0, 0.1) is 0 Å². The molecule has 0 bridgehead atoms. The van der Waals surface area contributed by atoms with Gasteiger partial charge in [-0.15, -0.1) is 24.0 Å². The first kappa shape index (κ1) is 18.1. The van der Waals surface area contributed by atoms with Crippen molar-refractivity contribution in [2.75, 3.05) is 0 Å². The van der Waals surface area contributed by atoms with Crippen LogP contribution in [0.5, 0.6) is 0 Å². The smallest absolute Gasteiger partial charge is 1.00 e. The van der Waals surface area contributed by atoms with Crippen LogP contribution in [0.3, 0.4) is 0 Å². The molecule has 11 heavy (non-hydrogen) atoms. The third-order valence-electron chi connectivity index (χ3n) is 1.24. The molecule has 5 heteroatoms. The molecular formula is C6H11AlI2N2. The van der Waals surface area contributed by atoms with E-state index in [1.807, 2.05) is 24.0 Å². The molecule has 0 aliphatic carbocycles. The van der Waals surface area contributed by atoms with Crippen LogP contribution in [0.25, 0.3) is 0 Å². The van der Waals surface area contributed by atoms with Crippen molar-refractivity contribution in [3.05, 3.63) is 18.2 Å². The fraction of sp³-hybridized carbons (Fsp3) is 0.500. The second-order valence-corrected chi connectivity index (χ2v) is 1.81. The van der Waals surface area contributed by atoms with Gasteiger partial charge >= 0.3 is 17.4 Å². The molecule has 0 spiro atoms. The second-order valence-electron chi connectivity index (χ2n) is 1.81. The van der Waals surface area contributed by atoms with Crippen LogP contribution in [-0.2, 0) is 13.5 Å². The Kier molecular flexibility index (Phi) is 15.3. The number of nitrogens with zero attached hydrogens (tertiary/aromatic N) is 2. The molecule has 0 aliphatic heterocycles. The van der Waals surface area contributed by atoms with Gasteiger partial charge in [0.2, 0.25) is 0 Å². The average molecular weight is 392 g/mol. The second kappa shape index (κ2) is 9.29. The molecule has 0 N–H and O–H groups in total. The Balaban J connectivity index is -0.000000213. The normalized spacial score (nSPS) is 7.09. The molecule has 62 valence electrons. The Morgan fingerprint density at radius 1 is 1.55 bits per heavy atom. The number of rotatable bonds is 1. The molecule has 1 heterocycles. The van der Waals surface area contributed by atoms with Gasteiger partial charge in [-0.3, -0.25) is 0 Å². The summed E-state index contributed by atoms with van der Waals surface area (Å²) in [6.07, 6.45) is 4.79. The van der Waals surface area contributed by atoms with Crippen LogP contribution in [0.15, 0.2) is 12.4 Å². The first-order chi connectivity index (χ1) is 3.84. The Hall–Kier alpha value is 1.20. The van der Waals surface area contributed by atoms with Gasteiger partial charge in [-0.05, 0) is 0 Å². The minimum Gasteiger partial charge on any atom is -1.00 e. The SMILES string of the molecule is CCc1nccn1C.I.[Al+].[I-]. The van der Waals surface area contributed by atoms with E-state index in [2.05, 4.69) is 11.9 Å². The van der Waals surface area contributed by atoms with Crippen LogP contribution in [0.1, 0.15) is 12.7 Å². The monoisotopic (exact) mass is 392 g/mol. The molecule has 0 amide bonds. The van der Waals surface area contributed by atoms with Crippen LogP contribution >= 0.6 is 24.0 Å². The molecule has 0 atom stereocenters. The fourth-order valence-electron chi connectivity index (χ4n) is 0.737. The number of halogens is 2. The van der Waals surface area contributed by atoms with Gasteiger partial charge in [-0.25, -0.2) is 4.98 Å². The summed E-state index contributed by atoms with van der Waals surface area (Å²) in [6.45, 7) is 2.10. The van der Waals surface area contributed by atoms with E-state index in [1.54, 1.807) is 0 Å². The Morgan fingerprint density at radius 3 is 2.27 bits per heavy atom. The van der Waals surface area contributed by atoms with Gasteiger partial charge in [0.25, 0.3) is 0 Å². The molecule has 1 aromatic heterocycles. The molecule has 0 aromatic carbocycles. The van der Waals surface area contributed by atoms with E-state index in [0.717, 1.165) is 12.2 Å². The summed E-state index contributed by atoms with van der Waals surface area (Å²) in [5.41, 5.74) is 0. The van der Waals surface area contributed by atoms with Gasteiger partial charge < -0.3 is 28.5 Å². The van der Waals surface area contributed by atoms with E-state index in [4.69, 9.17) is 0 Å². The van der Waals surface area contributed by atoms with Gasteiger partial charge in [-0.1, -0.05) is 6.92 Å². The third kappa shape index (κ3) is 5.44. The van der Waals surface area contributed by atoms with E-state index in [-0.39, 0.29) is 65.3 Å². The third-order valence-corrected chi connectivity index (χ3v) is 1.24. The summed E-state index contributed by atoms with van der Waals surface area (Å²) in [5.74, 6) is 1.14. The van der Waals surface area contributed by atoms with Crippen molar-refractivity contribution in [2.24, 2.45) is 7.05 Å². The summed E-state index contributed by atoms with van der Waals surface area (Å²) in [6, 6.07) is 0. The van der Waals surface area contributed by atoms with E-state index >= 15 is 0 Å². The number of imidazole rings is 1. The van der Waals surface area contributed by atoms with Crippen molar-refractivity contribution in [1.29, 1.82) is 0 Å². The molecule has 2 nitrogen and oxygen atoms in total. The molecular weight excluding hydrogens is 381 g/mol. The number of aryl methyl sites for hydroxylation is 2. The maximum absolute atomic E-state index is 4.10. The molecule has 0 aliphatic rings. The van der Waals surface area contributed by atoms with Crippen molar-refractivity contribution in [3.63, 3.8) is 0 Å². The van der Waals surface area contributed by atoms with Crippen molar-refractivity contribution in [3.8, 4) is 0 Å². The Labute approximate surface area is 112 Å². The number of hydrogen-bond acceptors (Lipinski definition) is 1. The van der Waals surface area contributed by atoms with E-state index < -0.39 is 0 Å². The molecule has 1 rings (SSSR count). The van der Waals surface area contributed by atoms with Gasteiger partial charge in [0.05, 0.1) is 0 Å². The molecule has 2 radical (unpaired) electrons. The van der Waals surface area contributed by atoms with Gasteiger partial charge in [-0.2, -0.15) is 0 Å². The van der Waals surface area contributed by atoms with Gasteiger partial charge in [0, 0.05) is 25.9 Å². The molecule has 0 unspecified atom stereocenters. The van der Waals surface area contributed by atoms with Crippen LogP contribution in [0.4, 0.5) is 0 Å². The van der Waals surface area contributed by atoms with E-state index in [1.165, 1.54) is 0 Å². The van der Waals surface area contributed by atoms with E-state index in [0.29, 0.717) is 0 Å². The largest absolute Gasteiger partial charge is 1.00 e. The van der Waals surface area contributed by atoms with Crippen LogP contribution in [-0.4, -0.2) is 26.9 Å². The summed E-state index contributed by atoms with van der Waals surface area (Å²) < 4.78 is 2.03. The van der Waals surface area contributed by atoms with Crippen LogP contribution in [0.2, 0.25) is 0 Å². The summed E-state index contributed by atoms with van der Waals surface area (Å²) >= 11 is 0. The predicted molar refractivity (Wildman–Crippen MR) is 53.8 cm³/mol. The zero-order valence-electron chi connectivity index (χ0n) is 6.62. The van der Waals surface area contributed by atoms with Crippen molar-refractivity contribution < 1.29 is 24.0 Å². The van der Waals surface area contributed by atoms with Crippen molar-refractivity contribution >= 4 is 41.3 Å². The zero-order chi connectivity index (χ0) is 5.98. The first-order valence-corrected chi connectivity index (χ1v) is 2.80. The van der Waals surface area contributed by atoms with Crippen molar-refractivity contribution in [2.45, 2.75) is 13.3 Å².